The van der Waals surface area contributed by atoms with Gasteiger partial charge in [-0.05, 0) is 37.1 Å². The number of nitrogen functional groups attached to an aromatic ring is 1. The van der Waals surface area contributed by atoms with E-state index in [2.05, 4.69) is 5.32 Å². The molecule has 0 saturated carbocycles. The summed E-state index contributed by atoms with van der Waals surface area (Å²) in [7, 11) is 1.34. The summed E-state index contributed by atoms with van der Waals surface area (Å²) in [5.41, 5.74) is 7.10. The van der Waals surface area contributed by atoms with Gasteiger partial charge in [0, 0.05) is 12.1 Å². The summed E-state index contributed by atoms with van der Waals surface area (Å²) in [6, 6.07) is 5.47. The summed E-state index contributed by atoms with van der Waals surface area (Å²) >= 11 is 5.90. The molecule has 0 spiro atoms. The van der Waals surface area contributed by atoms with Gasteiger partial charge in [-0.15, -0.1) is 0 Å². The lowest BCUT2D eigenvalue weighted by Gasteiger charge is -2.11. The van der Waals surface area contributed by atoms with Gasteiger partial charge in [0.2, 0.25) is 0 Å². The van der Waals surface area contributed by atoms with Crippen LogP contribution in [0.25, 0.3) is 0 Å². The number of nitrogens with zero attached hydrogens (tertiary/aromatic N) is 1. The van der Waals surface area contributed by atoms with Gasteiger partial charge in [0.15, 0.2) is 6.61 Å². The van der Waals surface area contributed by atoms with Crippen LogP contribution in [0, 0.1) is 24.0 Å². The predicted molar refractivity (Wildman–Crippen MR) is 104 cm³/mol. The molecule has 0 aliphatic rings. The molecule has 0 atom stereocenters. The first-order chi connectivity index (χ1) is 13.1. The minimum atomic E-state index is -0.858. The molecule has 1 amide bonds. The fraction of sp³-hybridized carbons (Fsp3) is 0.222. The van der Waals surface area contributed by atoms with Crippen LogP contribution < -0.4 is 15.8 Å². The number of nitrogens with one attached hydrogen (secondary N) is 1. The summed E-state index contributed by atoms with van der Waals surface area (Å²) in [4.78, 5) is 34.9. The molecule has 3 N–H and O–H groups in total. The zero-order valence-electron chi connectivity index (χ0n) is 15.4. The van der Waals surface area contributed by atoms with E-state index in [9.17, 15) is 19.7 Å². The Morgan fingerprint density at radius 3 is 2.46 bits per heavy atom. The van der Waals surface area contributed by atoms with E-state index in [1.807, 2.05) is 0 Å². The van der Waals surface area contributed by atoms with E-state index in [1.165, 1.54) is 31.4 Å². The number of methoxy groups -OCH3 is 1. The molecule has 0 fully saturated rings. The standard InChI is InChI=1S/C18H18ClN3O6/c1-9-4-14(15(22(25)26)5-10(9)2)21-17(23)8-28-18(24)11-6-12(19)13(20)7-16(11)27-3/h4-7H,8,20H2,1-3H3,(H,21,23). The van der Waals surface area contributed by atoms with Crippen molar-refractivity contribution in [1.29, 1.82) is 0 Å². The first-order valence-electron chi connectivity index (χ1n) is 7.99. The second kappa shape index (κ2) is 8.57. The van der Waals surface area contributed by atoms with Crippen LogP contribution in [0.5, 0.6) is 5.75 Å². The van der Waals surface area contributed by atoms with E-state index in [0.29, 0.717) is 5.56 Å². The lowest BCUT2D eigenvalue weighted by molar-refractivity contribution is -0.384. The topological polar surface area (TPSA) is 134 Å². The number of amides is 1. The van der Waals surface area contributed by atoms with Gasteiger partial charge in [-0.2, -0.15) is 0 Å². The fourth-order valence-corrected chi connectivity index (χ4v) is 2.51. The summed E-state index contributed by atoms with van der Waals surface area (Å²) in [6.07, 6.45) is 0. The van der Waals surface area contributed by atoms with E-state index >= 15 is 0 Å². The van der Waals surface area contributed by atoms with Crippen LogP contribution in [-0.2, 0) is 9.53 Å². The number of benzene rings is 2. The monoisotopic (exact) mass is 407 g/mol. The van der Waals surface area contributed by atoms with Crippen LogP contribution >= 0.6 is 11.6 Å². The SMILES string of the molecule is COc1cc(N)c(Cl)cc1C(=O)OCC(=O)Nc1cc(C)c(C)cc1[N+](=O)[O-]. The Bertz CT molecular complexity index is 961. The van der Waals surface area contributed by atoms with Crippen molar-refractivity contribution in [2.45, 2.75) is 13.8 Å². The van der Waals surface area contributed by atoms with Crippen molar-refractivity contribution >= 4 is 40.5 Å². The number of esters is 1. The highest BCUT2D eigenvalue weighted by Gasteiger charge is 2.20. The molecule has 0 aromatic heterocycles. The number of rotatable bonds is 6. The summed E-state index contributed by atoms with van der Waals surface area (Å²) in [6.45, 7) is 2.82. The zero-order valence-corrected chi connectivity index (χ0v) is 16.1. The van der Waals surface area contributed by atoms with Gasteiger partial charge in [-0.1, -0.05) is 11.6 Å². The molecule has 10 heteroatoms. The minimum Gasteiger partial charge on any atom is -0.496 e. The van der Waals surface area contributed by atoms with Crippen molar-refractivity contribution in [1.82, 2.24) is 0 Å². The fourth-order valence-electron chi connectivity index (χ4n) is 2.34. The van der Waals surface area contributed by atoms with E-state index in [4.69, 9.17) is 26.8 Å². The Morgan fingerprint density at radius 1 is 1.21 bits per heavy atom. The molecule has 2 aromatic rings. The third-order valence-corrected chi connectivity index (χ3v) is 4.28. The van der Waals surface area contributed by atoms with E-state index in [0.717, 1.165) is 5.56 Å². The normalized spacial score (nSPS) is 10.3. The molecule has 0 saturated heterocycles. The van der Waals surface area contributed by atoms with Gasteiger partial charge in [0.1, 0.15) is 17.0 Å². The predicted octanol–water partition coefficient (Wildman–Crippen LogP) is 3.25. The Kier molecular flexibility index (Phi) is 6.42. The van der Waals surface area contributed by atoms with Crippen molar-refractivity contribution in [3.63, 3.8) is 0 Å². The number of anilines is 2. The Hall–Kier alpha value is -3.33. The third kappa shape index (κ3) is 4.68. The maximum atomic E-state index is 12.2. The maximum Gasteiger partial charge on any atom is 0.342 e. The number of carbonyl (C=O) groups excluding carboxylic acids is 2. The molecule has 2 aromatic carbocycles. The van der Waals surface area contributed by atoms with Crippen molar-refractivity contribution in [2.24, 2.45) is 0 Å². The largest absolute Gasteiger partial charge is 0.496 e. The van der Waals surface area contributed by atoms with Crippen LogP contribution in [0.1, 0.15) is 21.5 Å². The van der Waals surface area contributed by atoms with Crippen molar-refractivity contribution in [3.8, 4) is 5.75 Å². The average molecular weight is 408 g/mol. The van der Waals surface area contributed by atoms with Gasteiger partial charge in [0.05, 0.1) is 22.7 Å². The van der Waals surface area contributed by atoms with Crippen molar-refractivity contribution in [3.05, 3.63) is 56.1 Å². The Balaban J connectivity index is 2.12. The first-order valence-corrected chi connectivity index (χ1v) is 8.37. The van der Waals surface area contributed by atoms with Gasteiger partial charge in [-0.3, -0.25) is 14.9 Å². The lowest BCUT2D eigenvalue weighted by atomic mass is 10.1. The van der Waals surface area contributed by atoms with Crippen LogP contribution in [0.3, 0.4) is 0 Å². The Morgan fingerprint density at radius 2 is 1.86 bits per heavy atom. The number of ether oxygens (including phenoxy) is 2. The molecule has 148 valence electrons. The summed E-state index contributed by atoms with van der Waals surface area (Å²) in [5, 5.41) is 13.7. The van der Waals surface area contributed by atoms with Crippen LogP contribution in [0.15, 0.2) is 24.3 Å². The Labute approximate surface area is 165 Å². The van der Waals surface area contributed by atoms with Crippen LogP contribution in [-0.4, -0.2) is 30.5 Å². The zero-order chi connectivity index (χ0) is 21.0. The second-order valence-corrected chi connectivity index (χ2v) is 6.32. The quantitative estimate of drug-likeness (QED) is 0.325. The minimum absolute atomic E-state index is 0.00772. The molecule has 28 heavy (non-hydrogen) atoms. The molecule has 0 radical (unpaired) electrons. The molecule has 0 unspecified atom stereocenters. The van der Waals surface area contributed by atoms with Crippen molar-refractivity contribution < 1.29 is 24.0 Å². The maximum absolute atomic E-state index is 12.2. The van der Waals surface area contributed by atoms with Gasteiger partial charge >= 0.3 is 5.97 Å². The summed E-state index contributed by atoms with van der Waals surface area (Å²) in [5.74, 6) is -1.46. The van der Waals surface area contributed by atoms with E-state index in [-0.39, 0.29) is 33.4 Å². The van der Waals surface area contributed by atoms with Gasteiger partial charge in [-0.25, -0.2) is 4.79 Å². The highest BCUT2D eigenvalue weighted by Crippen LogP contribution is 2.30. The molecule has 2 rings (SSSR count). The molecule has 9 nitrogen and oxygen atoms in total. The summed E-state index contributed by atoms with van der Waals surface area (Å²) < 4.78 is 10.0. The number of aryl methyl sites for hydroxylation is 2. The highest BCUT2D eigenvalue weighted by atomic mass is 35.5. The molecular formula is C18H18ClN3O6. The number of nitro groups is 1. The van der Waals surface area contributed by atoms with Crippen LogP contribution in [0.2, 0.25) is 5.02 Å². The number of nitrogens with two attached hydrogens (primary N) is 1. The van der Waals surface area contributed by atoms with Crippen molar-refractivity contribution in [2.75, 3.05) is 24.8 Å². The number of halogens is 1. The number of hydrogen-bond donors (Lipinski definition) is 2. The van der Waals surface area contributed by atoms with Gasteiger partial charge < -0.3 is 20.5 Å². The smallest absolute Gasteiger partial charge is 0.342 e. The second-order valence-electron chi connectivity index (χ2n) is 5.91. The van der Waals surface area contributed by atoms with E-state index < -0.39 is 23.4 Å². The number of nitro benzene ring substituents is 1. The molecule has 0 bridgehead atoms. The third-order valence-electron chi connectivity index (χ3n) is 3.96. The molecular weight excluding hydrogens is 390 g/mol. The van der Waals surface area contributed by atoms with Crippen LogP contribution in [0.4, 0.5) is 17.1 Å². The first kappa shape index (κ1) is 21.0. The number of hydrogen-bond acceptors (Lipinski definition) is 7. The molecule has 0 aliphatic carbocycles. The highest BCUT2D eigenvalue weighted by molar-refractivity contribution is 6.33. The van der Waals surface area contributed by atoms with Gasteiger partial charge in [0.25, 0.3) is 11.6 Å². The molecule has 0 aliphatic heterocycles. The number of carbonyl (C=O) groups is 2. The molecule has 0 heterocycles. The van der Waals surface area contributed by atoms with E-state index in [1.54, 1.807) is 13.8 Å². The average Bonchev–Trinajstić information content (AvgIpc) is 2.64. The lowest BCUT2D eigenvalue weighted by Crippen LogP contribution is -2.22.